The number of benzene rings is 1. The predicted molar refractivity (Wildman–Crippen MR) is 111 cm³/mol. The second-order valence-corrected chi connectivity index (χ2v) is 7.71. The molecule has 4 rings (SSSR count). The van der Waals surface area contributed by atoms with Crippen LogP contribution >= 0.6 is 12.4 Å². The van der Waals surface area contributed by atoms with E-state index in [4.69, 9.17) is 4.74 Å². The monoisotopic (exact) mass is 404 g/mol. The molecule has 1 N–H and O–H groups in total. The zero-order valence-electron chi connectivity index (χ0n) is 16.3. The van der Waals surface area contributed by atoms with E-state index < -0.39 is 0 Å². The molecular formula is C21H29ClN4O2. The lowest BCUT2D eigenvalue weighted by atomic mass is 9.88. The molecule has 0 saturated carbocycles. The largest absolute Gasteiger partial charge is 0.493 e. The summed E-state index contributed by atoms with van der Waals surface area (Å²) in [5.74, 6) is 1.98. The van der Waals surface area contributed by atoms with Gasteiger partial charge in [-0.05, 0) is 36.5 Å². The highest BCUT2D eigenvalue weighted by Gasteiger charge is 2.38. The number of halogens is 1. The van der Waals surface area contributed by atoms with Crippen LogP contribution < -0.4 is 10.1 Å². The first-order valence-electron chi connectivity index (χ1n) is 9.86. The van der Waals surface area contributed by atoms with E-state index >= 15 is 0 Å². The number of hydrogen-bond acceptors (Lipinski definition) is 4. The van der Waals surface area contributed by atoms with Gasteiger partial charge in [0.15, 0.2) is 0 Å². The Hall–Kier alpha value is -2.05. The molecule has 1 amide bonds. The third-order valence-corrected chi connectivity index (χ3v) is 5.84. The van der Waals surface area contributed by atoms with Crippen LogP contribution in [0.4, 0.5) is 0 Å². The number of ether oxygens (including phenoxy) is 1. The molecule has 1 aromatic carbocycles. The van der Waals surface area contributed by atoms with Crippen molar-refractivity contribution in [1.29, 1.82) is 0 Å². The van der Waals surface area contributed by atoms with Crippen molar-refractivity contribution in [3.05, 3.63) is 48.3 Å². The zero-order valence-corrected chi connectivity index (χ0v) is 17.1. The lowest BCUT2D eigenvalue weighted by Gasteiger charge is -2.34. The topological polar surface area (TPSA) is 59.4 Å². The molecule has 0 aliphatic carbocycles. The van der Waals surface area contributed by atoms with Gasteiger partial charge in [-0.25, -0.2) is 0 Å². The van der Waals surface area contributed by atoms with Gasteiger partial charge in [-0.2, -0.15) is 5.10 Å². The predicted octanol–water partition coefficient (Wildman–Crippen LogP) is 2.46. The van der Waals surface area contributed by atoms with Crippen LogP contribution in [0.3, 0.4) is 0 Å². The van der Waals surface area contributed by atoms with Crippen LogP contribution in [0.2, 0.25) is 0 Å². The first kappa shape index (κ1) is 20.7. The van der Waals surface area contributed by atoms with Gasteiger partial charge < -0.3 is 15.0 Å². The smallest absolute Gasteiger partial charge is 0.227 e. The fraction of sp³-hybridized carbons (Fsp3) is 0.524. The highest BCUT2D eigenvalue weighted by molar-refractivity contribution is 5.85. The van der Waals surface area contributed by atoms with Gasteiger partial charge >= 0.3 is 0 Å². The number of aryl methyl sites for hydroxylation is 1. The maximum atomic E-state index is 13.1. The average Bonchev–Trinajstić information content (AvgIpc) is 3.36. The molecule has 2 saturated heterocycles. The van der Waals surface area contributed by atoms with Crippen molar-refractivity contribution in [3.8, 4) is 5.75 Å². The molecule has 2 atom stereocenters. The Bertz CT molecular complexity index is 759. The van der Waals surface area contributed by atoms with E-state index in [2.05, 4.69) is 15.3 Å². The lowest BCUT2D eigenvalue weighted by Crippen LogP contribution is -2.44. The fourth-order valence-corrected chi connectivity index (χ4v) is 4.21. The third-order valence-electron chi connectivity index (χ3n) is 5.84. The first-order chi connectivity index (χ1) is 13.2. The number of piperidine rings is 1. The van der Waals surface area contributed by atoms with Crippen LogP contribution in [0.1, 0.15) is 24.3 Å². The van der Waals surface area contributed by atoms with E-state index in [1.807, 2.05) is 54.5 Å². The Labute approximate surface area is 172 Å². The van der Waals surface area contributed by atoms with E-state index in [1.54, 1.807) is 0 Å². The summed E-state index contributed by atoms with van der Waals surface area (Å²) in [5, 5.41) is 7.67. The quantitative estimate of drug-likeness (QED) is 0.831. The Morgan fingerprint density at radius 1 is 1.21 bits per heavy atom. The van der Waals surface area contributed by atoms with Gasteiger partial charge in [0, 0.05) is 45.3 Å². The summed E-state index contributed by atoms with van der Waals surface area (Å²) in [7, 11) is 1.92. The molecule has 0 bridgehead atoms. The van der Waals surface area contributed by atoms with Crippen molar-refractivity contribution in [2.75, 3.05) is 32.8 Å². The van der Waals surface area contributed by atoms with E-state index in [0.717, 1.165) is 56.9 Å². The Kier molecular flexibility index (Phi) is 6.97. The second-order valence-electron chi connectivity index (χ2n) is 7.71. The van der Waals surface area contributed by atoms with Gasteiger partial charge in [0.2, 0.25) is 5.91 Å². The van der Waals surface area contributed by atoms with Gasteiger partial charge in [0.1, 0.15) is 5.75 Å². The minimum absolute atomic E-state index is 0. The summed E-state index contributed by atoms with van der Waals surface area (Å²) in [6, 6.07) is 9.96. The highest BCUT2D eigenvalue weighted by atomic mass is 35.5. The number of amides is 1. The van der Waals surface area contributed by atoms with E-state index in [-0.39, 0.29) is 30.2 Å². The standard InChI is InChI=1S/C21H28N4O2.ClH/c1-24-14-17(11-23-24)19-12-22-13-20(19)21(26)25-9-7-16(8-10-25)15-27-18-5-3-2-4-6-18;/h2-6,11,14,16,19-20,22H,7-10,12-13,15H2,1H3;1H/t19-,20+;/m1./s1. The molecule has 3 heterocycles. The van der Waals surface area contributed by atoms with Gasteiger partial charge in [0.05, 0.1) is 18.7 Å². The molecule has 2 aliphatic rings. The van der Waals surface area contributed by atoms with Crippen molar-refractivity contribution < 1.29 is 9.53 Å². The van der Waals surface area contributed by atoms with Crippen LogP contribution in [-0.4, -0.2) is 53.4 Å². The number of likely N-dealkylation sites (tertiary alicyclic amines) is 1. The number of rotatable bonds is 5. The zero-order chi connectivity index (χ0) is 18.6. The Morgan fingerprint density at radius 3 is 2.64 bits per heavy atom. The molecule has 7 heteroatoms. The van der Waals surface area contributed by atoms with Gasteiger partial charge in [-0.15, -0.1) is 12.4 Å². The molecule has 0 unspecified atom stereocenters. The number of carbonyl (C=O) groups excluding carboxylic acids is 1. The molecule has 6 nitrogen and oxygen atoms in total. The number of hydrogen-bond donors (Lipinski definition) is 1. The van der Waals surface area contributed by atoms with E-state index in [0.29, 0.717) is 5.92 Å². The summed E-state index contributed by atoms with van der Waals surface area (Å²) in [6.07, 6.45) is 5.95. The van der Waals surface area contributed by atoms with Crippen LogP contribution in [-0.2, 0) is 11.8 Å². The summed E-state index contributed by atoms with van der Waals surface area (Å²) in [5.41, 5.74) is 1.16. The third kappa shape index (κ3) is 4.67. The van der Waals surface area contributed by atoms with Crippen LogP contribution in [0.25, 0.3) is 0 Å². The maximum absolute atomic E-state index is 13.1. The van der Waals surface area contributed by atoms with Crippen LogP contribution in [0, 0.1) is 11.8 Å². The molecule has 152 valence electrons. The van der Waals surface area contributed by atoms with Crippen molar-refractivity contribution in [3.63, 3.8) is 0 Å². The second kappa shape index (κ2) is 9.43. The number of aromatic nitrogens is 2. The van der Waals surface area contributed by atoms with Gasteiger partial charge in [-0.3, -0.25) is 9.48 Å². The molecular weight excluding hydrogens is 376 g/mol. The molecule has 0 radical (unpaired) electrons. The van der Waals surface area contributed by atoms with Gasteiger partial charge in [0.25, 0.3) is 0 Å². The summed E-state index contributed by atoms with van der Waals surface area (Å²) in [4.78, 5) is 15.2. The minimum atomic E-state index is 0. The SMILES string of the molecule is Cl.Cn1cc([C@H]2CNC[C@@H]2C(=O)N2CCC(COc3ccccc3)CC2)cn1. The minimum Gasteiger partial charge on any atom is -0.493 e. The molecule has 2 aliphatic heterocycles. The summed E-state index contributed by atoms with van der Waals surface area (Å²) < 4.78 is 7.71. The maximum Gasteiger partial charge on any atom is 0.227 e. The number of nitrogens with zero attached hydrogens (tertiary/aromatic N) is 3. The Morgan fingerprint density at radius 2 is 1.96 bits per heavy atom. The average molecular weight is 405 g/mol. The normalized spacial score (nSPS) is 22.7. The summed E-state index contributed by atoms with van der Waals surface area (Å²) in [6.45, 7) is 4.00. The molecule has 2 aromatic rings. The van der Waals surface area contributed by atoms with Crippen LogP contribution in [0.5, 0.6) is 5.75 Å². The van der Waals surface area contributed by atoms with E-state index in [9.17, 15) is 4.79 Å². The summed E-state index contributed by atoms with van der Waals surface area (Å²) >= 11 is 0. The number of carbonyl (C=O) groups is 1. The van der Waals surface area contributed by atoms with E-state index in [1.165, 1.54) is 0 Å². The highest BCUT2D eigenvalue weighted by Crippen LogP contribution is 2.30. The Balaban J connectivity index is 0.00000225. The molecule has 0 spiro atoms. The first-order valence-corrected chi connectivity index (χ1v) is 9.86. The van der Waals surface area contributed by atoms with Crippen LogP contribution in [0.15, 0.2) is 42.7 Å². The number of nitrogens with one attached hydrogen (secondary N) is 1. The van der Waals surface area contributed by atoms with Crippen molar-refractivity contribution in [2.24, 2.45) is 18.9 Å². The molecule has 2 fully saturated rings. The van der Waals surface area contributed by atoms with Gasteiger partial charge in [-0.1, -0.05) is 18.2 Å². The van der Waals surface area contributed by atoms with Crippen molar-refractivity contribution in [2.45, 2.75) is 18.8 Å². The lowest BCUT2D eigenvalue weighted by molar-refractivity contribution is -0.136. The number of para-hydroxylation sites is 1. The fourth-order valence-electron chi connectivity index (χ4n) is 4.21. The molecule has 28 heavy (non-hydrogen) atoms. The molecule has 1 aromatic heterocycles. The van der Waals surface area contributed by atoms with Crippen molar-refractivity contribution >= 4 is 18.3 Å². The van der Waals surface area contributed by atoms with Crippen molar-refractivity contribution in [1.82, 2.24) is 20.0 Å².